The highest BCUT2D eigenvalue weighted by Gasteiger charge is 2.29. The molecule has 1 aromatic rings. The molecule has 6 nitrogen and oxygen atoms in total. The zero-order chi connectivity index (χ0) is 18.8. The Balaban J connectivity index is 1.89. The molecule has 2 atom stereocenters. The van der Waals surface area contributed by atoms with Crippen LogP contribution in [0.4, 0.5) is 4.79 Å². The summed E-state index contributed by atoms with van der Waals surface area (Å²) in [4.78, 5) is 27.5. The molecule has 0 spiro atoms. The average Bonchev–Trinajstić information content (AvgIpc) is 2.70. The van der Waals surface area contributed by atoms with Gasteiger partial charge in [-0.25, -0.2) is 4.79 Å². The second-order valence-electron chi connectivity index (χ2n) is 6.46. The summed E-state index contributed by atoms with van der Waals surface area (Å²) in [5.41, 5.74) is 0.966. The highest BCUT2D eigenvalue weighted by molar-refractivity contribution is 5.68. The number of carbonyl (C=O) groups is 2. The summed E-state index contributed by atoms with van der Waals surface area (Å²) in [5.74, 6) is 0. The number of hydrogen-bond donors (Lipinski definition) is 0. The van der Waals surface area contributed by atoms with E-state index in [-0.39, 0.29) is 18.7 Å². The molecule has 0 saturated carbocycles. The molecule has 1 amide bonds. The van der Waals surface area contributed by atoms with Crippen molar-refractivity contribution in [3.05, 3.63) is 35.9 Å². The molecule has 0 bridgehead atoms. The summed E-state index contributed by atoms with van der Waals surface area (Å²) in [5, 5.41) is 0. The topological polar surface area (TPSA) is 59.1 Å². The minimum Gasteiger partial charge on any atom is -0.445 e. The molecule has 1 aliphatic heterocycles. The number of likely N-dealkylation sites (tertiary alicyclic amines) is 1. The number of piperidine rings is 1. The fourth-order valence-corrected chi connectivity index (χ4v) is 3.24. The van der Waals surface area contributed by atoms with Crippen LogP contribution >= 0.6 is 0 Å². The molecule has 1 aliphatic rings. The number of ether oxygens (including phenoxy) is 2. The Kier molecular flexibility index (Phi) is 8.58. The van der Waals surface area contributed by atoms with Crippen molar-refractivity contribution in [3.8, 4) is 0 Å². The van der Waals surface area contributed by atoms with Gasteiger partial charge in [0.2, 0.25) is 0 Å². The summed E-state index contributed by atoms with van der Waals surface area (Å²) in [6.07, 6.45) is 2.83. The van der Waals surface area contributed by atoms with Crippen LogP contribution in [0.3, 0.4) is 0 Å². The van der Waals surface area contributed by atoms with E-state index < -0.39 is 6.23 Å². The third-order valence-corrected chi connectivity index (χ3v) is 4.81. The SMILES string of the molecule is CCN(CC)C(C=O)OCC1CCCCN1C(=O)OCc1ccccc1. The van der Waals surface area contributed by atoms with Crippen molar-refractivity contribution in [2.75, 3.05) is 26.2 Å². The molecule has 1 aromatic carbocycles. The molecule has 2 unspecified atom stereocenters. The summed E-state index contributed by atoms with van der Waals surface area (Å²) >= 11 is 0. The lowest BCUT2D eigenvalue weighted by atomic mass is 10.0. The summed E-state index contributed by atoms with van der Waals surface area (Å²) in [6.45, 7) is 6.76. The van der Waals surface area contributed by atoms with Crippen molar-refractivity contribution < 1.29 is 19.1 Å². The number of amides is 1. The molecule has 1 saturated heterocycles. The second kappa shape index (κ2) is 10.9. The van der Waals surface area contributed by atoms with Gasteiger partial charge in [0, 0.05) is 6.54 Å². The lowest BCUT2D eigenvalue weighted by Crippen LogP contribution is -2.48. The number of rotatable bonds is 9. The van der Waals surface area contributed by atoms with Gasteiger partial charge in [-0.3, -0.25) is 9.69 Å². The molecule has 2 rings (SSSR count). The van der Waals surface area contributed by atoms with Gasteiger partial charge >= 0.3 is 6.09 Å². The van der Waals surface area contributed by atoms with Crippen LogP contribution in [0.1, 0.15) is 38.7 Å². The first-order valence-electron chi connectivity index (χ1n) is 9.47. The van der Waals surface area contributed by atoms with Gasteiger partial charge in [0.25, 0.3) is 0 Å². The largest absolute Gasteiger partial charge is 0.445 e. The Hall–Kier alpha value is -1.92. The molecule has 0 aromatic heterocycles. The quantitative estimate of drug-likeness (QED) is 0.499. The predicted molar refractivity (Wildman–Crippen MR) is 99.7 cm³/mol. The van der Waals surface area contributed by atoms with Gasteiger partial charge in [-0.05, 0) is 37.9 Å². The fraction of sp³-hybridized carbons (Fsp3) is 0.600. The normalized spacial score (nSPS) is 18.6. The number of likely N-dealkylation sites (N-methyl/N-ethyl adjacent to an activating group) is 1. The molecule has 0 aliphatic carbocycles. The minimum absolute atomic E-state index is 0.0509. The van der Waals surface area contributed by atoms with E-state index >= 15 is 0 Å². The van der Waals surface area contributed by atoms with Gasteiger partial charge in [0.05, 0.1) is 12.6 Å². The van der Waals surface area contributed by atoms with Crippen molar-refractivity contribution in [2.45, 2.75) is 52.0 Å². The summed E-state index contributed by atoms with van der Waals surface area (Å²) < 4.78 is 11.3. The van der Waals surface area contributed by atoms with Crippen LogP contribution in [0.2, 0.25) is 0 Å². The van der Waals surface area contributed by atoms with Crippen LogP contribution in [0.5, 0.6) is 0 Å². The Morgan fingerprint density at radius 1 is 1.27 bits per heavy atom. The third-order valence-electron chi connectivity index (χ3n) is 4.81. The maximum atomic E-state index is 12.5. The van der Waals surface area contributed by atoms with Crippen molar-refractivity contribution >= 4 is 12.4 Å². The monoisotopic (exact) mass is 362 g/mol. The van der Waals surface area contributed by atoms with E-state index in [2.05, 4.69) is 0 Å². The van der Waals surface area contributed by atoms with Crippen LogP contribution in [0.15, 0.2) is 30.3 Å². The van der Waals surface area contributed by atoms with E-state index in [9.17, 15) is 9.59 Å². The second-order valence-corrected chi connectivity index (χ2v) is 6.46. The summed E-state index contributed by atoms with van der Waals surface area (Å²) in [6, 6.07) is 9.60. The number of nitrogens with zero attached hydrogens (tertiary/aromatic N) is 2. The Labute approximate surface area is 156 Å². The minimum atomic E-state index is -0.561. The summed E-state index contributed by atoms with van der Waals surface area (Å²) in [7, 11) is 0. The average molecular weight is 362 g/mol. The van der Waals surface area contributed by atoms with Gasteiger partial charge in [-0.2, -0.15) is 0 Å². The first-order valence-corrected chi connectivity index (χ1v) is 9.47. The zero-order valence-corrected chi connectivity index (χ0v) is 15.8. The maximum absolute atomic E-state index is 12.5. The van der Waals surface area contributed by atoms with Crippen molar-refractivity contribution in [1.82, 2.24) is 9.80 Å². The van der Waals surface area contributed by atoms with E-state index in [1.165, 1.54) is 0 Å². The fourth-order valence-electron chi connectivity index (χ4n) is 3.24. The van der Waals surface area contributed by atoms with Crippen LogP contribution in [-0.4, -0.2) is 60.7 Å². The standard InChI is InChI=1S/C20H30N2O4/c1-3-21(4-2)19(14-23)25-16-18-12-8-9-13-22(18)20(24)26-15-17-10-6-5-7-11-17/h5-7,10-11,14,18-19H,3-4,8-9,12-13,15-16H2,1-2H3. The van der Waals surface area contributed by atoms with Gasteiger partial charge in [-0.1, -0.05) is 44.2 Å². The highest BCUT2D eigenvalue weighted by Crippen LogP contribution is 2.19. The van der Waals surface area contributed by atoms with E-state index in [0.29, 0.717) is 13.2 Å². The van der Waals surface area contributed by atoms with Gasteiger partial charge < -0.3 is 14.4 Å². The molecule has 0 N–H and O–H groups in total. The first-order chi connectivity index (χ1) is 12.7. The number of hydrogen-bond acceptors (Lipinski definition) is 5. The molecule has 1 heterocycles. The van der Waals surface area contributed by atoms with E-state index in [1.54, 1.807) is 4.90 Å². The van der Waals surface area contributed by atoms with Crippen molar-refractivity contribution in [2.24, 2.45) is 0 Å². The van der Waals surface area contributed by atoms with Crippen LogP contribution < -0.4 is 0 Å². The lowest BCUT2D eigenvalue weighted by Gasteiger charge is -2.36. The van der Waals surface area contributed by atoms with E-state index in [4.69, 9.17) is 9.47 Å². The predicted octanol–water partition coefficient (Wildman–Crippen LogP) is 3.06. The van der Waals surface area contributed by atoms with Gasteiger partial charge in [0.15, 0.2) is 12.5 Å². The van der Waals surface area contributed by atoms with E-state index in [1.807, 2.05) is 49.1 Å². The van der Waals surface area contributed by atoms with Crippen molar-refractivity contribution in [1.29, 1.82) is 0 Å². The zero-order valence-electron chi connectivity index (χ0n) is 15.8. The van der Waals surface area contributed by atoms with E-state index in [0.717, 1.165) is 44.2 Å². The molecular weight excluding hydrogens is 332 g/mol. The number of aldehydes is 1. The van der Waals surface area contributed by atoms with Crippen LogP contribution in [0, 0.1) is 0 Å². The molecule has 6 heteroatoms. The smallest absolute Gasteiger partial charge is 0.410 e. The molecule has 1 fully saturated rings. The third kappa shape index (κ3) is 5.81. The molecule has 0 radical (unpaired) electrons. The first kappa shape index (κ1) is 20.4. The van der Waals surface area contributed by atoms with Crippen LogP contribution in [0.25, 0.3) is 0 Å². The number of benzene rings is 1. The van der Waals surface area contributed by atoms with Crippen molar-refractivity contribution in [3.63, 3.8) is 0 Å². The number of carbonyl (C=O) groups excluding carboxylic acids is 2. The highest BCUT2D eigenvalue weighted by atomic mass is 16.6. The van der Waals surface area contributed by atoms with Crippen LogP contribution in [-0.2, 0) is 20.9 Å². The Morgan fingerprint density at radius 2 is 2.00 bits per heavy atom. The van der Waals surface area contributed by atoms with Gasteiger partial charge in [-0.15, -0.1) is 0 Å². The molecule has 144 valence electrons. The Morgan fingerprint density at radius 3 is 2.65 bits per heavy atom. The molecular formula is C20H30N2O4. The molecule has 26 heavy (non-hydrogen) atoms. The van der Waals surface area contributed by atoms with Gasteiger partial charge in [0.1, 0.15) is 6.61 Å². The lowest BCUT2D eigenvalue weighted by molar-refractivity contribution is -0.133. The Bertz CT molecular complexity index is 548. The maximum Gasteiger partial charge on any atom is 0.410 e.